The van der Waals surface area contributed by atoms with Gasteiger partial charge in [-0.25, -0.2) is 4.39 Å². The van der Waals surface area contributed by atoms with Crippen molar-refractivity contribution in [3.8, 4) is 5.75 Å². The molecule has 1 aromatic carbocycles. The SMILES string of the molecule is CCNC(C)c1cc(F)ccc1OCC(N)=O. The summed E-state index contributed by atoms with van der Waals surface area (Å²) in [6.07, 6.45) is 0. The van der Waals surface area contributed by atoms with E-state index < -0.39 is 5.91 Å². The second-order valence-electron chi connectivity index (χ2n) is 3.72. The summed E-state index contributed by atoms with van der Waals surface area (Å²) in [6, 6.07) is 4.13. The fourth-order valence-corrected chi connectivity index (χ4v) is 1.55. The summed E-state index contributed by atoms with van der Waals surface area (Å²) in [7, 11) is 0. The van der Waals surface area contributed by atoms with Crippen molar-refractivity contribution in [3.05, 3.63) is 29.6 Å². The Hall–Kier alpha value is -1.62. The number of rotatable bonds is 6. The van der Waals surface area contributed by atoms with Crippen molar-refractivity contribution in [1.29, 1.82) is 0 Å². The number of ether oxygens (including phenoxy) is 1. The van der Waals surface area contributed by atoms with E-state index in [1.165, 1.54) is 18.2 Å². The second-order valence-corrected chi connectivity index (χ2v) is 3.72. The summed E-state index contributed by atoms with van der Waals surface area (Å²) in [5, 5.41) is 3.15. The van der Waals surface area contributed by atoms with Crippen LogP contribution in [-0.4, -0.2) is 19.1 Å². The molecule has 3 N–H and O–H groups in total. The van der Waals surface area contributed by atoms with E-state index >= 15 is 0 Å². The number of halogens is 1. The molecule has 0 bridgehead atoms. The van der Waals surface area contributed by atoms with Crippen molar-refractivity contribution in [2.24, 2.45) is 5.73 Å². The number of nitrogens with two attached hydrogens (primary N) is 1. The third kappa shape index (κ3) is 4.03. The maximum Gasteiger partial charge on any atom is 0.255 e. The summed E-state index contributed by atoms with van der Waals surface area (Å²) in [5.41, 5.74) is 5.68. The predicted octanol–water partition coefficient (Wildman–Crippen LogP) is 1.36. The highest BCUT2D eigenvalue weighted by Crippen LogP contribution is 2.25. The summed E-state index contributed by atoms with van der Waals surface area (Å²) in [5.74, 6) is -0.425. The minimum atomic E-state index is -0.559. The van der Waals surface area contributed by atoms with Gasteiger partial charge < -0.3 is 15.8 Å². The van der Waals surface area contributed by atoms with Crippen LogP contribution in [0.4, 0.5) is 4.39 Å². The molecule has 0 heterocycles. The predicted molar refractivity (Wildman–Crippen MR) is 63.2 cm³/mol. The molecule has 0 saturated carbocycles. The normalized spacial score (nSPS) is 12.2. The highest BCUT2D eigenvalue weighted by Gasteiger charge is 2.12. The Morgan fingerprint density at radius 2 is 2.29 bits per heavy atom. The van der Waals surface area contributed by atoms with E-state index in [1.54, 1.807) is 0 Å². The summed E-state index contributed by atoms with van der Waals surface area (Å²) >= 11 is 0. The van der Waals surface area contributed by atoms with Crippen LogP contribution in [0, 0.1) is 5.82 Å². The smallest absolute Gasteiger partial charge is 0.255 e. The van der Waals surface area contributed by atoms with Gasteiger partial charge in [0.2, 0.25) is 0 Å². The largest absolute Gasteiger partial charge is 0.483 e. The number of hydrogen-bond acceptors (Lipinski definition) is 3. The number of carbonyl (C=O) groups excluding carboxylic acids is 1. The Labute approximate surface area is 100.0 Å². The number of hydrogen-bond donors (Lipinski definition) is 2. The van der Waals surface area contributed by atoms with Crippen molar-refractivity contribution in [2.45, 2.75) is 19.9 Å². The van der Waals surface area contributed by atoms with Gasteiger partial charge in [0.25, 0.3) is 5.91 Å². The lowest BCUT2D eigenvalue weighted by molar-refractivity contribution is -0.119. The van der Waals surface area contributed by atoms with Crippen LogP contribution in [0.5, 0.6) is 5.75 Å². The lowest BCUT2D eigenvalue weighted by Gasteiger charge is -2.17. The standard InChI is InChI=1S/C12H17FN2O2/c1-3-15-8(2)10-6-9(13)4-5-11(10)17-7-12(14)16/h4-6,8,15H,3,7H2,1-2H3,(H2,14,16). The zero-order valence-corrected chi connectivity index (χ0v) is 10.00. The third-order valence-electron chi connectivity index (χ3n) is 2.32. The molecule has 0 aromatic heterocycles. The molecule has 17 heavy (non-hydrogen) atoms. The number of carbonyl (C=O) groups is 1. The lowest BCUT2D eigenvalue weighted by Crippen LogP contribution is -2.22. The molecule has 0 aliphatic carbocycles. The number of primary amides is 1. The maximum atomic E-state index is 13.2. The van der Waals surface area contributed by atoms with Crippen LogP contribution >= 0.6 is 0 Å². The quantitative estimate of drug-likeness (QED) is 0.789. The molecule has 0 spiro atoms. The van der Waals surface area contributed by atoms with E-state index in [9.17, 15) is 9.18 Å². The second kappa shape index (κ2) is 6.20. The first-order valence-corrected chi connectivity index (χ1v) is 5.48. The van der Waals surface area contributed by atoms with Gasteiger partial charge in [0.05, 0.1) is 0 Å². The van der Waals surface area contributed by atoms with Gasteiger partial charge in [0, 0.05) is 11.6 Å². The van der Waals surface area contributed by atoms with Gasteiger partial charge in [-0.2, -0.15) is 0 Å². The molecule has 4 nitrogen and oxygen atoms in total. The zero-order valence-electron chi connectivity index (χ0n) is 10.00. The monoisotopic (exact) mass is 240 g/mol. The van der Waals surface area contributed by atoms with Gasteiger partial charge in [0.1, 0.15) is 11.6 Å². The Kier molecular flexibility index (Phi) is 4.90. The molecule has 94 valence electrons. The number of amides is 1. The lowest BCUT2D eigenvalue weighted by atomic mass is 10.1. The van der Waals surface area contributed by atoms with Crippen LogP contribution in [0.3, 0.4) is 0 Å². The van der Waals surface area contributed by atoms with Gasteiger partial charge in [0.15, 0.2) is 6.61 Å². The van der Waals surface area contributed by atoms with Gasteiger partial charge in [-0.15, -0.1) is 0 Å². The maximum absolute atomic E-state index is 13.2. The van der Waals surface area contributed by atoms with Crippen LogP contribution in [0.15, 0.2) is 18.2 Å². The van der Waals surface area contributed by atoms with Crippen molar-refractivity contribution >= 4 is 5.91 Å². The van der Waals surface area contributed by atoms with Gasteiger partial charge in [-0.05, 0) is 31.7 Å². The van der Waals surface area contributed by atoms with Crippen LogP contribution in [0.2, 0.25) is 0 Å². The van der Waals surface area contributed by atoms with Crippen molar-refractivity contribution in [2.75, 3.05) is 13.2 Å². The highest BCUT2D eigenvalue weighted by atomic mass is 19.1. The summed E-state index contributed by atoms with van der Waals surface area (Å²) < 4.78 is 18.4. The molecule has 0 radical (unpaired) electrons. The van der Waals surface area contributed by atoms with Crippen LogP contribution in [0.1, 0.15) is 25.5 Å². The van der Waals surface area contributed by atoms with Crippen LogP contribution in [0.25, 0.3) is 0 Å². The average molecular weight is 240 g/mol. The fraction of sp³-hybridized carbons (Fsp3) is 0.417. The summed E-state index contributed by atoms with van der Waals surface area (Å²) in [4.78, 5) is 10.7. The Balaban J connectivity index is 2.90. The van der Waals surface area contributed by atoms with Crippen molar-refractivity contribution < 1.29 is 13.9 Å². The van der Waals surface area contributed by atoms with Gasteiger partial charge in [-0.1, -0.05) is 6.92 Å². The topological polar surface area (TPSA) is 64.3 Å². The Bertz CT molecular complexity index is 396. The molecule has 0 aliphatic heterocycles. The molecule has 1 unspecified atom stereocenters. The first kappa shape index (κ1) is 13.4. The minimum Gasteiger partial charge on any atom is -0.483 e. The summed E-state index contributed by atoms with van der Waals surface area (Å²) in [6.45, 7) is 4.40. The molecule has 0 aliphatic rings. The zero-order chi connectivity index (χ0) is 12.8. The molecule has 1 atom stereocenters. The van der Waals surface area contributed by atoms with Crippen LogP contribution in [-0.2, 0) is 4.79 Å². The first-order chi connectivity index (χ1) is 8.04. The number of nitrogens with one attached hydrogen (secondary N) is 1. The van der Waals surface area contributed by atoms with Crippen molar-refractivity contribution in [3.63, 3.8) is 0 Å². The van der Waals surface area contributed by atoms with Crippen LogP contribution < -0.4 is 15.8 Å². The number of benzene rings is 1. The van der Waals surface area contributed by atoms with E-state index in [-0.39, 0.29) is 18.5 Å². The highest BCUT2D eigenvalue weighted by molar-refractivity contribution is 5.75. The molecular formula is C12H17FN2O2. The van der Waals surface area contributed by atoms with Gasteiger partial charge >= 0.3 is 0 Å². The molecule has 0 saturated heterocycles. The van der Waals surface area contributed by atoms with E-state index in [2.05, 4.69) is 5.32 Å². The molecule has 1 aromatic rings. The molecule has 0 fully saturated rings. The molecule has 1 rings (SSSR count). The third-order valence-corrected chi connectivity index (χ3v) is 2.32. The Morgan fingerprint density at radius 1 is 1.59 bits per heavy atom. The van der Waals surface area contributed by atoms with E-state index in [0.29, 0.717) is 11.3 Å². The molecule has 5 heteroatoms. The molecular weight excluding hydrogens is 223 g/mol. The average Bonchev–Trinajstić information content (AvgIpc) is 2.27. The van der Waals surface area contributed by atoms with E-state index in [4.69, 9.17) is 10.5 Å². The Morgan fingerprint density at radius 3 is 2.88 bits per heavy atom. The molecule has 1 amide bonds. The minimum absolute atomic E-state index is 0.0569. The first-order valence-electron chi connectivity index (χ1n) is 5.48. The fourth-order valence-electron chi connectivity index (χ4n) is 1.55. The van der Waals surface area contributed by atoms with E-state index in [1.807, 2.05) is 13.8 Å². The van der Waals surface area contributed by atoms with Crippen molar-refractivity contribution in [1.82, 2.24) is 5.32 Å². The van der Waals surface area contributed by atoms with Gasteiger partial charge in [-0.3, -0.25) is 4.79 Å². The van der Waals surface area contributed by atoms with E-state index in [0.717, 1.165) is 6.54 Å².